The van der Waals surface area contributed by atoms with Crippen LogP contribution in [-0.4, -0.2) is 42.3 Å². The van der Waals surface area contributed by atoms with Crippen molar-refractivity contribution in [3.05, 3.63) is 0 Å². The van der Waals surface area contributed by atoms with Crippen LogP contribution in [0.5, 0.6) is 0 Å². The van der Waals surface area contributed by atoms with Crippen molar-refractivity contribution in [3.8, 4) is 0 Å². The number of hydrogen-bond acceptors (Lipinski definition) is 3. The van der Waals surface area contributed by atoms with Gasteiger partial charge in [-0.2, -0.15) is 39.5 Å². The summed E-state index contributed by atoms with van der Waals surface area (Å²) in [4.78, 5) is 12.5. The molecule has 5 atom stereocenters. The molecule has 0 radical (unpaired) electrons. The number of carbonyl (C=O) groups is 1. The molecule has 0 amide bonds. The molecule has 0 aliphatic heterocycles. The lowest BCUT2D eigenvalue weighted by atomic mass is 9.72. The predicted octanol–water partition coefficient (Wildman–Crippen LogP) is 6.60. The van der Waals surface area contributed by atoms with E-state index in [0.29, 0.717) is 6.92 Å². The summed E-state index contributed by atoms with van der Waals surface area (Å²) in [6.07, 6.45) is -18.2. The van der Waals surface area contributed by atoms with E-state index in [-0.39, 0.29) is 25.2 Å². The Balaban J connectivity index is 2.34. The molecule has 12 heteroatoms. The number of hydrogen-bond donors (Lipinski definition) is 0. The van der Waals surface area contributed by atoms with Gasteiger partial charge in [-0.15, -0.1) is 0 Å². The van der Waals surface area contributed by atoms with Crippen LogP contribution in [0.25, 0.3) is 0 Å². The molecule has 0 N–H and O–H groups in total. The van der Waals surface area contributed by atoms with Gasteiger partial charge in [-0.1, -0.05) is 6.92 Å². The zero-order chi connectivity index (χ0) is 25.0. The van der Waals surface area contributed by atoms with Crippen molar-refractivity contribution >= 4 is 5.97 Å². The third kappa shape index (κ3) is 4.32. The number of halogens is 9. The molecule has 2 aliphatic rings. The molecular formula is C20H27F9O3. The van der Waals surface area contributed by atoms with Gasteiger partial charge in [-0.05, 0) is 64.7 Å². The van der Waals surface area contributed by atoms with Crippen molar-refractivity contribution < 1.29 is 53.8 Å². The lowest BCUT2D eigenvalue weighted by Gasteiger charge is -2.44. The van der Waals surface area contributed by atoms with Crippen molar-refractivity contribution in [2.75, 3.05) is 6.61 Å². The van der Waals surface area contributed by atoms with E-state index in [2.05, 4.69) is 4.74 Å². The third-order valence-electron chi connectivity index (χ3n) is 7.24. The second kappa shape index (κ2) is 8.23. The number of alkyl halides is 9. The van der Waals surface area contributed by atoms with E-state index >= 15 is 0 Å². The Hall–Kier alpha value is -1.20. The number of fused-ring (bicyclic) bond motifs is 2. The van der Waals surface area contributed by atoms with E-state index in [1.807, 2.05) is 0 Å². The van der Waals surface area contributed by atoms with Gasteiger partial charge in [0.2, 0.25) is 0 Å². The zero-order valence-electron chi connectivity index (χ0n) is 18.1. The molecule has 2 rings (SSSR count). The highest BCUT2D eigenvalue weighted by Gasteiger charge is 2.74. The van der Waals surface area contributed by atoms with Gasteiger partial charge in [-0.3, -0.25) is 4.79 Å². The maximum Gasteiger partial charge on any atom is 0.426 e. The summed E-state index contributed by atoms with van der Waals surface area (Å²) >= 11 is 0. The van der Waals surface area contributed by atoms with Crippen molar-refractivity contribution in [3.63, 3.8) is 0 Å². The van der Waals surface area contributed by atoms with E-state index < -0.39 is 72.4 Å². The minimum absolute atomic E-state index is 0.0170. The first-order valence-corrected chi connectivity index (χ1v) is 10.4. The van der Waals surface area contributed by atoms with Crippen molar-refractivity contribution in [2.45, 2.75) is 89.5 Å². The molecule has 0 spiro atoms. The van der Waals surface area contributed by atoms with Gasteiger partial charge in [0.25, 0.3) is 5.60 Å². The van der Waals surface area contributed by atoms with Crippen LogP contribution in [0.3, 0.4) is 0 Å². The van der Waals surface area contributed by atoms with Crippen LogP contribution >= 0.6 is 0 Å². The molecule has 0 aromatic heterocycles. The van der Waals surface area contributed by atoms with Gasteiger partial charge in [0, 0.05) is 12.5 Å². The average Bonchev–Trinajstić information content (AvgIpc) is 3.13. The first-order chi connectivity index (χ1) is 14.3. The molecule has 188 valence electrons. The highest BCUT2D eigenvalue weighted by molar-refractivity contribution is 5.78. The fourth-order valence-electron chi connectivity index (χ4n) is 5.24. The average molecular weight is 486 g/mol. The molecule has 32 heavy (non-hydrogen) atoms. The van der Waals surface area contributed by atoms with E-state index in [9.17, 15) is 44.3 Å². The largest absolute Gasteiger partial charge is 0.458 e. The van der Waals surface area contributed by atoms with Gasteiger partial charge in [0.05, 0.1) is 0 Å². The number of carbonyl (C=O) groups excluding carboxylic acids is 1. The number of ether oxygens (including phenoxy) is 2. The second-order valence-electron chi connectivity index (χ2n) is 9.25. The normalized spacial score (nSPS) is 31.0. The van der Waals surface area contributed by atoms with Gasteiger partial charge in [0.15, 0.2) is 5.41 Å². The maximum atomic E-state index is 13.6. The SMILES string of the molecule is CCOC(CC1CC2CC1C(C)(OC(=O)C(C)(CC)C(F)(F)F)C2)(C(F)(F)F)C(F)(F)F. The molecular weight excluding hydrogens is 459 g/mol. The van der Waals surface area contributed by atoms with Crippen molar-refractivity contribution in [2.24, 2.45) is 23.2 Å². The Labute approximate surface area is 180 Å². The Bertz CT molecular complexity index is 686. The lowest BCUT2D eigenvalue weighted by molar-refractivity contribution is -0.386. The topological polar surface area (TPSA) is 35.5 Å². The van der Waals surface area contributed by atoms with Crippen molar-refractivity contribution in [1.82, 2.24) is 0 Å². The molecule has 2 saturated carbocycles. The molecule has 2 aliphatic carbocycles. The first-order valence-electron chi connectivity index (χ1n) is 10.4. The third-order valence-corrected chi connectivity index (χ3v) is 7.24. The molecule has 5 unspecified atom stereocenters. The summed E-state index contributed by atoms with van der Waals surface area (Å²) < 4.78 is 132. The Morgan fingerprint density at radius 1 is 0.938 bits per heavy atom. The van der Waals surface area contributed by atoms with Gasteiger partial charge in [0.1, 0.15) is 5.60 Å². The summed E-state index contributed by atoms with van der Waals surface area (Å²) in [6, 6.07) is 0. The van der Waals surface area contributed by atoms with E-state index in [0.717, 1.165) is 13.8 Å². The molecule has 2 fully saturated rings. The fourth-order valence-corrected chi connectivity index (χ4v) is 5.24. The van der Waals surface area contributed by atoms with Crippen LogP contribution in [0.4, 0.5) is 39.5 Å². The van der Waals surface area contributed by atoms with Gasteiger partial charge < -0.3 is 9.47 Å². The molecule has 2 bridgehead atoms. The van der Waals surface area contributed by atoms with Crippen LogP contribution in [-0.2, 0) is 14.3 Å². The second-order valence-corrected chi connectivity index (χ2v) is 9.25. The Kier molecular flexibility index (Phi) is 6.96. The molecule has 0 saturated heterocycles. The molecule has 0 aromatic rings. The van der Waals surface area contributed by atoms with Crippen LogP contribution in [0.15, 0.2) is 0 Å². The monoisotopic (exact) mass is 486 g/mol. The van der Waals surface area contributed by atoms with Crippen LogP contribution in [0.1, 0.15) is 59.8 Å². The smallest absolute Gasteiger partial charge is 0.426 e. The lowest BCUT2D eigenvalue weighted by Crippen LogP contribution is -2.60. The summed E-state index contributed by atoms with van der Waals surface area (Å²) in [5.74, 6) is -4.08. The van der Waals surface area contributed by atoms with Crippen LogP contribution in [0.2, 0.25) is 0 Å². The highest BCUT2D eigenvalue weighted by atomic mass is 19.4. The summed E-state index contributed by atoms with van der Waals surface area (Å²) in [5, 5.41) is 0. The minimum atomic E-state index is -5.76. The van der Waals surface area contributed by atoms with E-state index in [1.165, 1.54) is 6.92 Å². The van der Waals surface area contributed by atoms with Crippen LogP contribution < -0.4 is 0 Å². The summed E-state index contributed by atoms with van der Waals surface area (Å²) in [5.41, 5.74) is -8.83. The molecule has 0 heterocycles. The predicted molar refractivity (Wildman–Crippen MR) is 94.4 cm³/mol. The number of esters is 1. The zero-order valence-corrected chi connectivity index (χ0v) is 18.1. The van der Waals surface area contributed by atoms with Gasteiger partial charge in [-0.25, -0.2) is 0 Å². The molecule has 3 nitrogen and oxygen atoms in total. The number of rotatable bonds is 7. The highest BCUT2D eigenvalue weighted by Crippen LogP contribution is 2.61. The quantitative estimate of drug-likeness (QED) is 0.300. The summed E-state index contributed by atoms with van der Waals surface area (Å²) in [7, 11) is 0. The summed E-state index contributed by atoms with van der Waals surface area (Å²) in [6.45, 7) is 3.27. The molecule has 0 aromatic carbocycles. The fraction of sp³-hybridized carbons (Fsp3) is 0.950. The van der Waals surface area contributed by atoms with Crippen molar-refractivity contribution in [1.29, 1.82) is 0 Å². The Morgan fingerprint density at radius 3 is 1.84 bits per heavy atom. The standard InChI is InChI=1S/C20H27F9O3/c1-5-15(3,18(21,22)23)14(30)32-16(4)9-11-7-12(13(16)8-11)10-17(31-6-2,19(24,25)26)20(27,28)29/h11-13H,5-10H2,1-4H3. The van der Waals surface area contributed by atoms with E-state index in [1.54, 1.807) is 0 Å². The minimum Gasteiger partial charge on any atom is -0.458 e. The van der Waals surface area contributed by atoms with Gasteiger partial charge >= 0.3 is 24.5 Å². The van der Waals surface area contributed by atoms with Crippen LogP contribution in [0, 0.1) is 23.2 Å². The maximum absolute atomic E-state index is 13.6. The Morgan fingerprint density at radius 2 is 1.47 bits per heavy atom. The van der Waals surface area contributed by atoms with E-state index in [4.69, 9.17) is 4.74 Å². The first kappa shape index (κ1) is 27.0.